The molecule has 1 aliphatic heterocycles. The summed E-state index contributed by atoms with van der Waals surface area (Å²) in [5.74, 6) is -0.707. The standard InChI is InChI=1S/C18H16FNO4S/c19-14-4-2-1-3-13(14)15(21)10-24-12-7-5-11(6-8-12)9-16-17(22)20-18(23)25-16/h1-8,16,18,23H,9-10H2,(H,20,22). The number of carbonyl (C=O) groups excluding carboxylic acids is 2. The van der Waals surface area contributed by atoms with E-state index in [2.05, 4.69) is 5.32 Å². The third-order valence-corrected chi connectivity index (χ3v) is 4.82. The summed E-state index contributed by atoms with van der Waals surface area (Å²) in [4.78, 5) is 23.6. The molecule has 0 saturated carbocycles. The number of carbonyl (C=O) groups is 2. The highest BCUT2D eigenvalue weighted by Gasteiger charge is 2.31. The van der Waals surface area contributed by atoms with Gasteiger partial charge in [-0.3, -0.25) is 9.59 Å². The summed E-state index contributed by atoms with van der Waals surface area (Å²) in [6.07, 6.45) is 0.488. The van der Waals surface area contributed by atoms with Crippen molar-refractivity contribution in [1.82, 2.24) is 5.32 Å². The summed E-state index contributed by atoms with van der Waals surface area (Å²) in [7, 11) is 0. The molecule has 5 nitrogen and oxygen atoms in total. The first-order valence-corrected chi connectivity index (χ1v) is 8.60. The number of ketones is 1. The van der Waals surface area contributed by atoms with Gasteiger partial charge in [-0.15, -0.1) is 0 Å². The molecule has 25 heavy (non-hydrogen) atoms. The summed E-state index contributed by atoms with van der Waals surface area (Å²) in [6, 6.07) is 12.7. The fourth-order valence-electron chi connectivity index (χ4n) is 2.46. The average Bonchev–Trinajstić information content (AvgIpc) is 2.91. The number of hydrogen-bond acceptors (Lipinski definition) is 5. The summed E-state index contributed by atoms with van der Waals surface area (Å²) in [6.45, 7) is -0.257. The lowest BCUT2D eigenvalue weighted by Gasteiger charge is -2.09. The van der Waals surface area contributed by atoms with Gasteiger partial charge < -0.3 is 15.2 Å². The Bertz CT molecular complexity index is 781. The molecule has 0 radical (unpaired) electrons. The van der Waals surface area contributed by atoms with Crippen molar-refractivity contribution >= 4 is 23.5 Å². The molecule has 3 rings (SSSR count). The van der Waals surface area contributed by atoms with Gasteiger partial charge in [-0.1, -0.05) is 36.0 Å². The van der Waals surface area contributed by atoms with Crippen LogP contribution in [0, 0.1) is 5.82 Å². The van der Waals surface area contributed by atoms with E-state index in [-0.39, 0.29) is 23.3 Å². The van der Waals surface area contributed by atoms with Crippen LogP contribution in [0.1, 0.15) is 15.9 Å². The number of thioether (sulfide) groups is 1. The van der Waals surface area contributed by atoms with Crippen molar-refractivity contribution in [3.05, 3.63) is 65.5 Å². The molecular weight excluding hydrogens is 345 g/mol. The van der Waals surface area contributed by atoms with Gasteiger partial charge in [0.05, 0.1) is 10.8 Å². The van der Waals surface area contributed by atoms with Gasteiger partial charge in [0.15, 0.2) is 12.2 Å². The third kappa shape index (κ3) is 4.37. The van der Waals surface area contributed by atoms with Gasteiger partial charge in [0.25, 0.3) is 0 Å². The molecule has 1 fully saturated rings. The van der Waals surface area contributed by atoms with Crippen LogP contribution < -0.4 is 10.1 Å². The second-order valence-electron chi connectivity index (χ2n) is 5.53. The number of amides is 1. The van der Waals surface area contributed by atoms with Crippen LogP contribution in [-0.4, -0.2) is 34.2 Å². The zero-order chi connectivity index (χ0) is 17.8. The Morgan fingerprint density at radius 1 is 1.20 bits per heavy atom. The molecule has 2 aromatic rings. The fourth-order valence-corrected chi connectivity index (χ4v) is 3.43. The van der Waals surface area contributed by atoms with Gasteiger partial charge in [0.1, 0.15) is 11.6 Å². The quantitative estimate of drug-likeness (QED) is 0.771. The van der Waals surface area contributed by atoms with Crippen LogP contribution in [0.4, 0.5) is 4.39 Å². The summed E-state index contributed by atoms with van der Waals surface area (Å²) >= 11 is 1.17. The highest BCUT2D eigenvalue weighted by atomic mass is 32.2. The Labute approximate surface area is 148 Å². The zero-order valence-electron chi connectivity index (χ0n) is 13.1. The zero-order valence-corrected chi connectivity index (χ0v) is 14.0. The van der Waals surface area contributed by atoms with Crippen molar-refractivity contribution in [1.29, 1.82) is 0 Å². The molecule has 1 amide bonds. The van der Waals surface area contributed by atoms with Crippen LogP contribution in [0.2, 0.25) is 0 Å². The van der Waals surface area contributed by atoms with E-state index in [1.807, 2.05) is 0 Å². The normalized spacial score (nSPS) is 19.5. The largest absolute Gasteiger partial charge is 0.485 e. The van der Waals surface area contributed by atoms with Gasteiger partial charge in [0.2, 0.25) is 11.7 Å². The fraction of sp³-hybridized carbons (Fsp3) is 0.222. The molecule has 7 heteroatoms. The van der Waals surface area contributed by atoms with E-state index in [9.17, 15) is 19.1 Å². The van der Waals surface area contributed by atoms with Crippen LogP contribution in [0.5, 0.6) is 5.75 Å². The number of benzene rings is 2. The maximum atomic E-state index is 13.5. The molecule has 2 unspecified atom stereocenters. The van der Waals surface area contributed by atoms with E-state index >= 15 is 0 Å². The molecule has 1 saturated heterocycles. The molecule has 0 aromatic heterocycles. The van der Waals surface area contributed by atoms with Crippen LogP contribution in [0.15, 0.2) is 48.5 Å². The van der Waals surface area contributed by atoms with Gasteiger partial charge in [-0.25, -0.2) is 4.39 Å². The lowest BCUT2D eigenvalue weighted by atomic mass is 10.1. The molecule has 0 bridgehead atoms. The van der Waals surface area contributed by atoms with E-state index in [0.29, 0.717) is 12.2 Å². The first kappa shape index (κ1) is 17.4. The summed E-state index contributed by atoms with van der Waals surface area (Å²) < 4.78 is 18.9. The SMILES string of the molecule is O=C(COc1ccc(CC2SC(O)NC2=O)cc1)c1ccccc1F. The molecule has 2 N–H and O–H groups in total. The monoisotopic (exact) mass is 361 g/mol. The number of hydrogen-bond donors (Lipinski definition) is 2. The van der Waals surface area contributed by atoms with Crippen molar-refractivity contribution in [3.63, 3.8) is 0 Å². The van der Waals surface area contributed by atoms with Crippen LogP contribution >= 0.6 is 11.8 Å². The minimum atomic E-state index is -0.857. The lowest BCUT2D eigenvalue weighted by Crippen LogP contribution is -2.27. The van der Waals surface area contributed by atoms with E-state index in [0.717, 1.165) is 5.56 Å². The molecule has 2 atom stereocenters. The van der Waals surface area contributed by atoms with Crippen molar-refractivity contribution in [3.8, 4) is 5.75 Å². The minimum absolute atomic E-state index is 0.00180. The molecule has 0 aliphatic carbocycles. The maximum Gasteiger partial charge on any atom is 0.236 e. The predicted molar refractivity (Wildman–Crippen MR) is 91.9 cm³/mol. The smallest absolute Gasteiger partial charge is 0.236 e. The van der Waals surface area contributed by atoms with E-state index in [1.54, 1.807) is 30.3 Å². The van der Waals surface area contributed by atoms with Crippen LogP contribution in [-0.2, 0) is 11.2 Å². The maximum absolute atomic E-state index is 13.5. The van der Waals surface area contributed by atoms with Crippen LogP contribution in [0.3, 0.4) is 0 Å². The van der Waals surface area contributed by atoms with Crippen LogP contribution in [0.25, 0.3) is 0 Å². The second-order valence-corrected chi connectivity index (χ2v) is 6.81. The Kier molecular flexibility index (Phi) is 5.35. The predicted octanol–water partition coefficient (Wildman–Crippen LogP) is 2.14. The number of nitrogens with one attached hydrogen (secondary N) is 1. The number of aliphatic hydroxyl groups excluding tert-OH is 1. The summed E-state index contributed by atoms with van der Waals surface area (Å²) in [5, 5.41) is 11.5. The molecule has 130 valence electrons. The molecule has 2 aromatic carbocycles. The van der Waals surface area contributed by atoms with Crippen molar-refractivity contribution < 1.29 is 23.8 Å². The highest BCUT2D eigenvalue weighted by Crippen LogP contribution is 2.25. The Hall–Kier alpha value is -2.38. The highest BCUT2D eigenvalue weighted by molar-refractivity contribution is 8.01. The number of Topliss-reactive ketones (excluding diaryl/α,β-unsaturated/α-hetero) is 1. The minimum Gasteiger partial charge on any atom is -0.485 e. The van der Waals surface area contributed by atoms with Crippen molar-refractivity contribution in [2.75, 3.05) is 6.61 Å². The lowest BCUT2D eigenvalue weighted by molar-refractivity contribution is -0.121. The second kappa shape index (κ2) is 7.67. The number of ether oxygens (including phenoxy) is 1. The Morgan fingerprint density at radius 3 is 2.56 bits per heavy atom. The van der Waals surface area contributed by atoms with Crippen molar-refractivity contribution in [2.45, 2.75) is 17.2 Å². The molecular formula is C18H16FNO4S. The first-order valence-electron chi connectivity index (χ1n) is 7.66. The Balaban J connectivity index is 1.55. The van der Waals surface area contributed by atoms with E-state index in [4.69, 9.17) is 4.74 Å². The van der Waals surface area contributed by atoms with E-state index in [1.165, 1.54) is 30.0 Å². The third-order valence-electron chi connectivity index (χ3n) is 3.74. The number of rotatable bonds is 6. The molecule has 1 heterocycles. The Morgan fingerprint density at radius 2 is 1.92 bits per heavy atom. The topological polar surface area (TPSA) is 75.6 Å². The van der Waals surface area contributed by atoms with Gasteiger partial charge >= 0.3 is 0 Å². The summed E-state index contributed by atoms with van der Waals surface area (Å²) in [5.41, 5.74) is 0.0565. The average molecular weight is 361 g/mol. The molecule has 1 aliphatic rings. The first-order chi connectivity index (χ1) is 12.0. The van der Waals surface area contributed by atoms with Gasteiger partial charge in [-0.05, 0) is 36.2 Å². The number of aliphatic hydroxyl groups is 1. The van der Waals surface area contributed by atoms with Crippen molar-refractivity contribution in [2.24, 2.45) is 0 Å². The van der Waals surface area contributed by atoms with Gasteiger partial charge in [0, 0.05) is 0 Å². The van der Waals surface area contributed by atoms with Gasteiger partial charge in [-0.2, -0.15) is 0 Å². The van der Waals surface area contributed by atoms with E-state index < -0.39 is 17.2 Å². The molecule has 0 spiro atoms. The number of halogens is 1.